The second-order valence-corrected chi connectivity index (χ2v) is 9.21. The number of alkyl halides is 6. The van der Waals surface area contributed by atoms with Gasteiger partial charge < -0.3 is 19.5 Å². The van der Waals surface area contributed by atoms with Gasteiger partial charge in [0.1, 0.15) is 5.75 Å². The molecule has 1 N–H and O–H groups in total. The standard InChI is InChI=1S/C25H23F6NO5S/c26-24(27,28)22-16(7-9-20(33)32-10-13-36-14-11-32)6-8-19(23(22)25(29,30)31)38-18-4-1-3-17(15-18)37-12-2-5-21(34)35/h1,3-4,6-9,15H,2,5,10-14H2,(H,34,35)/b9-7+. The number of carboxylic acids is 1. The summed E-state index contributed by atoms with van der Waals surface area (Å²) in [4.78, 5) is 23.7. The number of hydrogen-bond acceptors (Lipinski definition) is 5. The maximum Gasteiger partial charge on any atom is 0.418 e. The van der Waals surface area contributed by atoms with Crippen LogP contribution in [0.5, 0.6) is 5.75 Å². The number of morpholine rings is 1. The second kappa shape index (κ2) is 12.6. The fourth-order valence-corrected chi connectivity index (χ4v) is 4.66. The molecular formula is C25H23F6NO5S. The van der Waals surface area contributed by atoms with Crippen LogP contribution in [0.15, 0.2) is 52.3 Å². The lowest BCUT2D eigenvalue weighted by Gasteiger charge is -2.25. The van der Waals surface area contributed by atoms with E-state index >= 15 is 0 Å². The molecule has 1 fully saturated rings. The first kappa shape index (κ1) is 29.4. The van der Waals surface area contributed by atoms with Crippen LogP contribution in [0.25, 0.3) is 6.08 Å². The number of hydrogen-bond donors (Lipinski definition) is 1. The highest BCUT2D eigenvalue weighted by Crippen LogP contribution is 2.48. The molecule has 13 heteroatoms. The average molecular weight is 564 g/mol. The first-order chi connectivity index (χ1) is 17.9. The number of carbonyl (C=O) groups excluding carboxylic acids is 1. The lowest BCUT2D eigenvalue weighted by molar-refractivity contribution is -0.163. The Morgan fingerprint density at radius 1 is 1.03 bits per heavy atom. The largest absolute Gasteiger partial charge is 0.494 e. The third-order valence-corrected chi connectivity index (χ3v) is 6.38. The van der Waals surface area contributed by atoms with E-state index in [1.54, 1.807) is 0 Å². The minimum absolute atomic E-state index is 0.0383. The molecule has 1 aliphatic heterocycles. The third-order valence-electron chi connectivity index (χ3n) is 5.33. The van der Waals surface area contributed by atoms with Crippen LogP contribution < -0.4 is 4.74 Å². The molecule has 3 rings (SSSR count). The van der Waals surface area contributed by atoms with Crippen LogP contribution in [0, 0.1) is 0 Å². The maximum absolute atomic E-state index is 14.1. The zero-order valence-corrected chi connectivity index (χ0v) is 20.6. The molecule has 2 aromatic rings. The van der Waals surface area contributed by atoms with Crippen LogP contribution in [0.1, 0.15) is 29.5 Å². The van der Waals surface area contributed by atoms with Crippen molar-refractivity contribution in [2.45, 2.75) is 35.0 Å². The van der Waals surface area contributed by atoms with E-state index in [9.17, 15) is 35.9 Å². The lowest BCUT2D eigenvalue weighted by atomic mass is 9.99. The van der Waals surface area contributed by atoms with Gasteiger partial charge in [0.2, 0.25) is 5.91 Å². The molecule has 38 heavy (non-hydrogen) atoms. The van der Waals surface area contributed by atoms with Gasteiger partial charge >= 0.3 is 18.3 Å². The van der Waals surface area contributed by atoms with E-state index in [2.05, 4.69) is 0 Å². The zero-order chi connectivity index (χ0) is 27.9. The predicted octanol–water partition coefficient (Wildman–Crippen LogP) is 5.99. The van der Waals surface area contributed by atoms with Crippen LogP contribution in [-0.2, 0) is 26.7 Å². The van der Waals surface area contributed by atoms with Crippen molar-refractivity contribution in [2.75, 3.05) is 32.9 Å². The normalized spacial score (nSPS) is 14.6. The molecular weight excluding hydrogens is 540 g/mol. The van der Waals surface area contributed by atoms with Crippen molar-refractivity contribution in [3.63, 3.8) is 0 Å². The Hall–Kier alpha value is -3.19. The quantitative estimate of drug-likeness (QED) is 0.230. The summed E-state index contributed by atoms with van der Waals surface area (Å²) in [5.41, 5.74) is -4.53. The molecule has 6 nitrogen and oxygen atoms in total. The van der Waals surface area contributed by atoms with E-state index in [4.69, 9.17) is 14.6 Å². The van der Waals surface area contributed by atoms with E-state index in [1.165, 1.54) is 29.2 Å². The highest BCUT2D eigenvalue weighted by Gasteiger charge is 2.46. The smallest absolute Gasteiger partial charge is 0.418 e. The Bertz CT molecular complexity index is 1180. The number of halogens is 6. The molecule has 1 saturated heterocycles. The van der Waals surface area contributed by atoms with Gasteiger partial charge in [0.15, 0.2) is 0 Å². The number of benzene rings is 2. The first-order valence-electron chi connectivity index (χ1n) is 11.3. The molecule has 2 aromatic carbocycles. The van der Waals surface area contributed by atoms with Crippen molar-refractivity contribution in [1.29, 1.82) is 0 Å². The van der Waals surface area contributed by atoms with E-state index in [0.29, 0.717) is 11.8 Å². The van der Waals surface area contributed by atoms with Crippen molar-refractivity contribution in [3.05, 3.63) is 59.2 Å². The SMILES string of the molecule is O=C(O)CCCOc1cccc(Sc2ccc(/C=C/C(=O)N3CCOCC3)c(C(F)(F)F)c2C(F)(F)F)c1. The summed E-state index contributed by atoms with van der Waals surface area (Å²) >= 11 is 0.478. The highest BCUT2D eigenvalue weighted by atomic mass is 32.2. The van der Waals surface area contributed by atoms with Crippen molar-refractivity contribution in [1.82, 2.24) is 4.90 Å². The summed E-state index contributed by atoms with van der Waals surface area (Å²) in [6.07, 6.45) is -9.08. The van der Waals surface area contributed by atoms with E-state index in [1.807, 2.05) is 0 Å². The molecule has 0 bridgehead atoms. The molecule has 0 unspecified atom stereocenters. The molecule has 0 atom stereocenters. The Labute approximate surface area is 218 Å². The number of aliphatic carboxylic acids is 1. The van der Waals surface area contributed by atoms with Gasteiger partial charge in [-0.15, -0.1) is 0 Å². The molecule has 1 aliphatic rings. The summed E-state index contributed by atoms with van der Waals surface area (Å²) < 4.78 is 94.7. The average Bonchev–Trinajstić information content (AvgIpc) is 2.85. The molecule has 206 valence electrons. The minimum atomic E-state index is -5.36. The second-order valence-electron chi connectivity index (χ2n) is 8.09. The highest BCUT2D eigenvalue weighted by molar-refractivity contribution is 7.99. The third kappa shape index (κ3) is 8.15. The van der Waals surface area contributed by atoms with Crippen molar-refractivity contribution < 1.29 is 50.5 Å². The molecule has 0 saturated carbocycles. The number of carboxylic acid groups (broad SMARTS) is 1. The van der Waals surface area contributed by atoms with Gasteiger partial charge in [-0.1, -0.05) is 23.9 Å². The lowest BCUT2D eigenvalue weighted by Crippen LogP contribution is -2.39. The Kier molecular flexibility index (Phi) is 9.71. The zero-order valence-electron chi connectivity index (χ0n) is 19.8. The van der Waals surface area contributed by atoms with Gasteiger partial charge in [-0.2, -0.15) is 26.3 Å². The van der Waals surface area contributed by atoms with Crippen LogP contribution >= 0.6 is 11.8 Å². The Morgan fingerprint density at radius 2 is 1.71 bits per heavy atom. The van der Waals surface area contributed by atoms with Gasteiger partial charge in [-0.05, 0) is 42.3 Å². The van der Waals surface area contributed by atoms with Gasteiger partial charge in [0, 0.05) is 35.4 Å². The van der Waals surface area contributed by atoms with Gasteiger partial charge in [-0.3, -0.25) is 9.59 Å². The molecule has 1 amide bonds. The summed E-state index contributed by atoms with van der Waals surface area (Å²) in [6, 6.07) is 7.56. The van der Waals surface area contributed by atoms with Gasteiger partial charge in [0.05, 0.1) is 30.9 Å². The van der Waals surface area contributed by atoms with Crippen LogP contribution in [0.3, 0.4) is 0 Å². The molecule has 0 aromatic heterocycles. The van der Waals surface area contributed by atoms with Crippen molar-refractivity contribution in [3.8, 4) is 5.75 Å². The monoisotopic (exact) mass is 563 g/mol. The molecule has 0 aliphatic carbocycles. The van der Waals surface area contributed by atoms with Crippen molar-refractivity contribution >= 4 is 29.7 Å². The Balaban J connectivity index is 1.93. The summed E-state index contributed by atoms with van der Waals surface area (Å²) in [5.74, 6) is -1.42. The fourth-order valence-electron chi connectivity index (χ4n) is 3.63. The van der Waals surface area contributed by atoms with Crippen LogP contribution in [-0.4, -0.2) is 54.8 Å². The summed E-state index contributed by atoms with van der Waals surface area (Å²) in [6.45, 7) is 0.997. The maximum atomic E-state index is 14.1. The van der Waals surface area contributed by atoms with E-state index in [-0.39, 0.29) is 56.4 Å². The minimum Gasteiger partial charge on any atom is -0.494 e. The molecule has 1 heterocycles. The number of amides is 1. The Morgan fingerprint density at radius 3 is 2.34 bits per heavy atom. The van der Waals surface area contributed by atoms with Gasteiger partial charge in [0.25, 0.3) is 0 Å². The molecule has 0 spiro atoms. The number of carbonyl (C=O) groups is 2. The van der Waals surface area contributed by atoms with E-state index < -0.39 is 45.8 Å². The van der Waals surface area contributed by atoms with Crippen LogP contribution in [0.2, 0.25) is 0 Å². The summed E-state index contributed by atoms with van der Waals surface area (Å²) in [7, 11) is 0. The van der Waals surface area contributed by atoms with Crippen molar-refractivity contribution in [2.24, 2.45) is 0 Å². The number of nitrogens with zero attached hydrogens (tertiary/aromatic N) is 1. The number of ether oxygens (including phenoxy) is 2. The first-order valence-corrected chi connectivity index (χ1v) is 12.2. The molecule has 0 radical (unpaired) electrons. The van der Waals surface area contributed by atoms with Crippen LogP contribution in [0.4, 0.5) is 26.3 Å². The fraction of sp³-hybridized carbons (Fsp3) is 0.360. The number of rotatable bonds is 9. The topological polar surface area (TPSA) is 76.1 Å². The predicted molar refractivity (Wildman–Crippen MR) is 126 cm³/mol. The summed E-state index contributed by atoms with van der Waals surface area (Å²) in [5, 5.41) is 8.67. The van der Waals surface area contributed by atoms with E-state index in [0.717, 1.165) is 24.3 Å². The van der Waals surface area contributed by atoms with Gasteiger partial charge in [-0.25, -0.2) is 0 Å².